The van der Waals surface area contributed by atoms with Crippen LogP contribution in [0.3, 0.4) is 0 Å². The topological polar surface area (TPSA) is 32.3 Å². The van der Waals surface area contributed by atoms with Gasteiger partial charge in [0.15, 0.2) is 0 Å². The molecule has 0 aromatic heterocycles. The Kier molecular flexibility index (Phi) is 2.39. The summed E-state index contributed by atoms with van der Waals surface area (Å²) in [5.74, 6) is 0. The van der Waals surface area contributed by atoms with Crippen molar-refractivity contribution in [2.75, 3.05) is 6.54 Å². The second-order valence-electron chi connectivity index (χ2n) is 6.26. The maximum absolute atomic E-state index is 9.71. The average molecular weight is 197 g/mol. The van der Waals surface area contributed by atoms with Crippen LogP contribution >= 0.6 is 0 Å². The number of hydrogen-bond acceptors (Lipinski definition) is 2. The predicted molar refractivity (Wildman–Crippen MR) is 58.2 cm³/mol. The first-order valence-electron chi connectivity index (χ1n) is 5.85. The third-order valence-electron chi connectivity index (χ3n) is 4.07. The molecule has 1 aliphatic carbocycles. The zero-order valence-corrected chi connectivity index (χ0v) is 9.64. The molecule has 0 aromatic rings. The van der Waals surface area contributed by atoms with Gasteiger partial charge in [0.25, 0.3) is 0 Å². The molecule has 2 nitrogen and oxygen atoms in total. The molecule has 2 heteroatoms. The van der Waals surface area contributed by atoms with E-state index in [9.17, 15) is 5.11 Å². The van der Waals surface area contributed by atoms with Crippen LogP contribution in [0.2, 0.25) is 0 Å². The molecule has 82 valence electrons. The van der Waals surface area contributed by atoms with E-state index in [0.29, 0.717) is 16.9 Å². The standard InChI is InChI=1S/C12H23NO/c1-11(2,3)10-12(6-7-13-10)5-4-9(14)8-12/h9-10,13-14H,4-8H2,1-3H3/t9-,10?,12-/m0/s1. The summed E-state index contributed by atoms with van der Waals surface area (Å²) >= 11 is 0. The average Bonchev–Trinajstić information content (AvgIpc) is 2.59. The third-order valence-corrected chi connectivity index (χ3v) is 4.07. The van der Waals surface area contributed by atoms with E-state index in [2.05, 4.69) is 26.1 Å². The van der Waals surface area contributed by atoms with E-state index in [0.717, 1.165) is 19.4 Å². The Labute approximate surface area is 87.1 Å². The van der Waals surface area contributed by atoms with Gasteiger partial charge >= 0.3 is 0 Å². The third kappa shape index (κ3) is 1.59. The van der Waals surface area contributed by atoms with Crippen molar-refractivity contribution in [3.05, 3.63) is 0 Å². The highest BCUT2D eigenvalue weighted by atomic mass is 16.3. The number of hydrogen-bond donors (Lipinski definition) is 2. The van der Waals surface area contributed by atoms with Gasteiger partial charge in [0.1, 0.15) is 0 Å². The highest BCUT2D eigenvalue weighted by molar-refractivity contribution is 5.05. The quantitative estimate of drug-likeness (QED) is 0.622. The maximum Gasteiger partial charge on any atom is 0.0546 e. The van der Waals surface area contributed by atoms with Gasteiger partial charge in [-0.25, -0.2) is 0 Å². The van der Waals surface area contributed by atoms with Crippen molar-refractivity contribution >= 4 is 0 Å². The lowest BCUT2D eigenvalue weighted by Crippen LogP contribution is -2.45. The Morgan fingerprint density at radius 1 is 1.29 bits per heavy atom. The lowest BCUT2D eigenvalue weighted by molar-refractivity contribution is 0.112. The van der Waals surface area contributed by atoms with Crippen molar-refractivity contribution in [1.29, 1.82) is 0 Å². The van der Waals surface area contributed by atoms with Gasteiger partial charge in [-0.2, -0.15) is 0 Å². The minimum absolute atomic E-state index is 0.0419. The highest BCUT2D eigenvalue weighted by Gasteiger charge is 2.51. The Bertz CT molecular complexity index is 221. The summed E-state index contributed by atoms with van der Waals surface area (Å²) < 4.78 is 0. The molecule has 0 bridgehead atoms. The monoisotopic (exact) mass is 197 g/mol. The summed E-state index contributed by atoms with van der Waals surface area (Å²) in [6.45, 7) is 8.06. The molecule has 1 heterocycles. The minimum Gasteiger partial charge on any atom is -0.393 e. The van der Waals surface area contributed by atoms with Gasteiger partial charge in [-0.15, -0.1) is 0 Å². The smallest absolute Gasteiger partial charge is 0.0546 e. The van der Waals surface area contributed by atoms with Crippen molar-refractivity contribution in [3.63, 3.8) is 0 Å². The van der Waals surface area contributed by atoms with Crippen molar-refractivity contribution < 1.29 is 5.11 Å². The van der Waals surface area contributed by atoms with Crippen LogP contribution in [-0.4, -0.2) is 23.8 Å². The van der Waals surface area contributed by atoms with Crippen LogP contribution in [0.1, 0.15) is 46.5 Å². The molecule has 1 spiro atoms. The molecule has 0 radical (unpaired) electrons. The van der Waals surface area contributed by atoms with Crippen LogP contribution in [0.15, 0.2) is 0 Å². The summed E-state index contributed by atoms with van der Waals surface area (Å²) in [6, 6.07) is 0.590. The van der Waals surface area contributed by atoms with Gasteiger partial charge < -0.3 is 10.4 Å². The second kappa shape index (κ2) is 3.21. The first kappa shape index (κ1) is 10.4. The van der Waals surface area contributed by atoms with E-state index < -0.39 is 0 Å². The van der Waals surface area contributed by atoms with Crippen LogP contribution in [0.5, 0.6) is 0 Å². The van der Waals surface area contributed by atoms with Crippen molar-refractivity contribution in [2.24, 2.45) is 10.8 Å². The van der Waals surface area contributed by atoms with E-state index in [1.165, 1.54) is 12.8 Å². The molecule has 3 atom stereocenters. The lowest BCUT2D eigenvalue weighted by Gasteiger charge is -2.40. The van der Waals surface area contributed by atoms with Crippen molar-refractivity contribution in [1.82, 2.24) is 5.32 Å². The number of aliphatic hydroxyl groups excluding tert-OH is 1. The zero-order chi connectivity index (χ0) is 10.4. The Balaban J connectivity index is 2.18. The fourth-order valence-electron chi connectivity index (χ4n) is 3.67. The zero-order valence-electron chi connectivity index (χ0n) is 9.64. The van der Waals surface area contributed by atoms with E-state index >= 15 is 0 Å². The fraction of sp³-hybridized carbons (Fsp3) is 1.00. The first-order valence-corrected chi connectivity index (χ1v) is 5.85. The molecule has 2 rings (SSSR count). The molecule has 2 N–H and O–H groups in total. The molecular formula is C12H23NO. The van der Waals surface area contributed by atoms with Crippen LogP contribution < -0.4 is 5.32 Å². The molecule has 1 unspecified atom stereocenters. The maximum atomic E-state index is 9.71. The summed E-state index contributed by atoms with van der Waals surface area (Å²) in [5.41, 5.74) is 0.720. The predicted octanol–water partition coefficient (Wildman–Crippen LogP) is 1.93. The summed E-state index contributed by atoms with van der Waals surface area (Å²) in [7, 11) is 0. The van der Waals surface area contributed by atoms with Crippen molar-refractivity contribution in [2.45, 2.75) is 58.6 Å². The molecule has 1 aliphatic heterocycles. The summed E-state index contributed by atoms with van der Waals surface area (Å²) in [6.07, 6.45) is 4.45. The number of aliphatic hydroxyl groups is 1. The van der Waals surface area contributed by atoms with Gasteiger partial charge in [-0.1, -0.05) is 20.8 Å². The highest BCUT2D eigenvalue weighted by Crippen LogP contribution is 2.51. The van der Waals surface area contributed by atoms with Gasteiger partial charge in [0.2, 0.25) is 0 Å². The molecule has 2 aliphatic rings. The van der Waals surface area contributed by atoms with Gasteiger partial charge in [0, 0.05) is 6.04 Å². The lowest BCUT2D eigenvalue weighted by atomic mass is 9.68. The van der Waals surface area contributed by atoms with E-state index in [1.54, 1.807) is 0 Å². The SMILES string of the molecule is CC(C)(C)C1NCC[C@]12CC[C@H](O)C2. The van der Waals surface area contributed by atoms with Gasteiger partial charge in [-0.05, 0) is 43.1 Å². The second-order valence-corrected chi connectivity index (χ2v) is 6.26. The van der Waals surface area contributed by atoms with Crippen molar-refractivity contribution in [3.8, 4) is 0 Å². The largest absolute Gasteiger partial charge is 0.393 e. The molecule has 14 heavy (non-hydrogen) atoms. The van der Waals surface area contributed by atoms with Gasteiger partial charge in [-0.3, -0.25) is 0 Å². The van der Waals surface area contributed by atoms with Crippen LogP contribution in [0.25, 0.3) is 0 Å². The molecule has 2 fully saturated rings. The van der Waals surface area contributed by atoms with Crippen LogP contribution in [0.4, 0.5) is 0 Å². The van der Waals surface area contributed by atoms with Gasteiger partial charge in [0.05, 0.1) is 6.10 Å². The van der Waals surface area contributed by atoms with E-state index in [1.807, 2.05) is 0 Å². The first-order chi connectivity index (χ1) is 6.44. The van der Waals surface area contributed by atoms with E-state index in [-0.39, 0.29) is 6.10 Å². The molecule has 1 saturated heterocycles. The van der Waals surface area contributed by atoms with E-state index in [4.69, 9.17) is 0 Å². The summed E-state index contributed by atoms with van der Waals surface area (Å²) in [5, 5.41) is 13.3. The Hall–Kier alpha value is -0.0800. The molecule has 0 amide bonds. The number of nitrogens with one attached hydrogen (secondary N) is 1. The normalized spacial score (nSPS) is 43.7. The Morgan fingerprint density at radius 3 is 2.50 bits per heavy atom. The summed E-state index contributed by atoms with van der Waals surface area (Å²) in [4.78, 5) is 0. The minimum atomic E-state index is -0.0419. The molecule has 1 saturated carbocycles. The fourth-order valence-corrected chi connectivity index (χ4v) is 3.67. The molecular weight excluding hydrogens is 174 g/mol. The van der Waals surface area contributed by atoms with Crippen LogP contribution in [-0.2, 0) is 0 Å². The number of rotatable bonds is 0. The molecule has 0 aromatic carbocycles. The Morgan fingerprint density at radius 2 is 2.00 bits per heavy atom. The van der Waals surface area contributed by atoms with Crippen LogP contribution in [0, 0.1) is 10.8 Å².